The van der Waals surface area contributed by atoms with E-state index in [1.807, 2.05) is 13.8 Å². The molecule has 1 aromatic heterocycles. The van der Waals surface area contributed by atoms with Crippen LogP contribution in [0.25, 0.3) is 0 Å². The average molecular weight is 241 g/mol. The Morgan fingerprint density at radius 3 is 2.69 bits per heavy atom. The summed E-state index contributed by atoms with van der Waals surface area (Å²) in [7, 11) is -3.01. The Labute approximate surface area is 95.0 Å². The first-order chi connectivity index (χ1) is 7.37. The smallest absolute Gasteiger partial charge is 0.160 e. The van der Waals surface area contributed by atoms with E-state index in [2.05, 4.69) is 9.97 Å². The summed E-state index contributed by atoms with van der Waals surface area (Å²) in [4.78, 5) is 8.57. The molecule has 1 aliphatic rings. The number of hydrogen-bond donors (Lipinski definition) is 1. The van der Waals surface area contributed by atoms with Gasteiger partial charge in [-0.2, -0.15) is 0 Å². The highest BCUT2D eigenvalue weighted by Crippen LogP contribution is 2.25. The number of fused-ring (bicyclic) bond motifs is 1. The van der Waals surface area contributed by atoms with Crippen molar-refractivity contribution in [2.75, 3.05) is 0 Å². The van der Waals surface area contributed by atoms with Crippen LogP contribution >= 0.6 is 0 Å². The molecule has 5 nitrogen and oxygen atoms in total. The van der Waals surface area contributed by atoms with E-state index in [1.54, 1.807) is 0 Å². The van der Waals surface area contributed by atoms with Gasteiger partial charge in [-0.1, -0.05) is 0 Å². The van der Waals surface area contributed by atoms with Crippen molar-refractivity contribution in [2.45, 2.75) is 37.8 Å². The molecule has 0 saturated carbocycles. The largest absolute Gasteiger partial charge is 0.328 e. The molecule has 1 aliphatic heterocycles. The van der Waals surface area contributed by atoms with Crippen molar-refractivity contribution in [3.05, 3.63) is 22.8 Å². The standard InChI is InChI=1S/C10H15N3O2S/c1-6(11)3-10-12-7(2)8-4-16(14,15)5-9(8)13-10/h6H,3-5,11H2,1-2H3. The highest BCUT2D eigenvalue weighted by Gasteiger charge is 2.28. The lowest BCUT2D eigenvalue weighted by Crippen LogP contribution is -2.20. The van der Waals surface area contributed by atoms with Crippen molar-refractivity contribution in [1.82, 2.24) is 9.97 Å². The Morgan fingerprint density at radius 2 is 2.06 bits per heavy atom. The van der Waals surface area contributed by atoms with Crippen molar-refractivity contribution in [1.29, 1.82) is 0 Å². The fraction of sp³-hybridized carbons (Fsp3) is 0.600. The van der Waals surface area contributed by atoms with Gasteiger partial charge in [0.2, 0.25) is 0 Å². The number of nitrogens with two attached hydrogens (primary N) is 1. The maximum absolute atomic E-state index is 11.5. The molecule has 16 heavy (non-hydrogen) atoms. The maximum Gasteiger partial charge on any atom is 0.160 e. The molecule has 88 valence electrons. The Morgan fingerprint density at radius 1 is 1.38 bits per heavy atom. The van der Waals surface area contributed by atoms with Crippen molar-refractivity contribution >= 4 is 9.84 Å². The van der Waals surface area contributed by atoms with Crippen LogP contribution in [-0.4, -0.2) is 24.4 Å². The minimum atomic E-state index is -3.01. The molecule has 0 amide bonds. The van der Waals surface area contributed by atoms with Crippen molar-refractivity contribution in [3.63, 3.8) is 0 Å². The third kappa shape index (κ3) is 2.22. The van der Waals surface area contributed by atoms with Crippen LogP contribution in [-0.2, 0) is 27.8 Å². The summed E-state index contributed by atoms with van der Waals surface area (Å²) >= 11 is 0. The van der Waals surface area contributed by atoms with E-state index in [-0.39, 0.29) is 17.5 Å². The minimum Gasteiger partial charge on any atom is -0.328 e. The fourth-order valence-corrected chi connectivity index (χ4v) is 3.46. The average Bonchev–Trinajstić information content (AvgIpc) is 2.38. The summed E-state index contributed by atoms with van der Waals surface area (Å²) in [5.74, 6) is 0.757. The summed E-state index contributed by atoms with van der Waals surface area (Å²) in [6.45, 7) is 3.70. The molecule has 0 saturated heterocycles. The van der Waals surface area contributed by atoms with E-state index < -0.39 is 9.84 Å². The number of aromatic nitrogens is 2. The summed E-state index contributed by atoms with van der Waals surface area (Å²) in [5, 5.41) is 0. The second-order valence-corrected chi connectivity index (χ2v) is 6.43. The van der Waals surface area contributed by atoms with Crippen molar-refractivity contribution in [3.8, 4) is 0 Å². The van der Waals surface area contributed by atoms with Gasteiger partial charge in [-0.25, -0.2) is 18.4 Å². The number of hydrogen-bond acceptors (Lipinski definition) is 5. The lowest BCUT2D eigenvalue weighted by Gasteiger charge is -2.07. The predicted molar refractivity (Wildman–Crippen MR) is 60.5 cm³/mol. The maximum atomic E-state index is 11.5. The Kier molecular flexibility index (Phi) is 2.71. The molecule has 1 unspecified atom stereocenters. The lowest BCUT2D eigenvalue weighted by molar-refractivity contribution is 0.597. The molecule has 2 rings (SSSR count). The number of aryl methyl sites for hydroxylation is 1. The second-order valence-electron chi connectivity index (χ2n) is 4.36. The summed E-state index contributed by atoms with van der Waals surface area (Å²) < 4.78 is 23.0. The van der Waals surface area contributed by atoms with E-state index in [1.165, 1.54) is 0 Å². The monoisotopic (exact) mass is 241 g/mol. The molecular weight excluding hydrogens is 226 g/mol. The van der Waals surface area contributed by atoms with Gasteiger partial charge in [0.05, 0.1) is 17.2 Å². The quantitative estimate of drug-likeness (QED) is 0.793. The Hall–Kier alpha value is -1.01. The highest BCUT2D eigenvalue weighted by molar-refractivity contribution is 7.90. The number of sulfone groups is 1. The topological polar surface area (TPSA) is 85.9 Å². The molecule has 0 radical (unpaired) electrons. The zero-order valence-corrected chi connectivity index (χ0v) is 10.2. The zero-order chi connectivity index (χ0) is 11.9. The van der Waals surface area contributed by atoms with Crippen LogP contribution in [0.1, 0.15) is 29.7 Å². The lowest BCUT2D eigenvalue weighted by atomic mass is 10.2. The van der Waals surface area contributed by atoms with E-state index in [9.17, 15) is 8.42 Å². The van der Waals surface area contributed by atoms with Crippen LogP contribution in [0.3, 0.4) is 0 Å². The summed E-state index contributed by atoms with van der Waals surface area (Å²) in [6.07, 6.45) is 0.578. The van der Waals surface area contributed by atoms with E-state index >= 15 is 0 Å². The zero-order valence-electron chi connectivity index (χ0n) is 9.40. The van der Waals surface area contributed by atoms with Gasteiger partial charge in [-0.05, 0) is 13.8 Å². The van der Waals surface area contributed by atoms with Crippen LogP contribution in [0, 0.1) is 6.92 Å². The molecule has 0 aliphatic carbocycles. The van der Waals surface area contributed by atoms with Gasteiger partial charge in [-0.15, -0.1) is 0 Å². The first-order valence-corrected chi connectivity index (χ1v) is 7.01. The minimum absolute atomic E-state index is 0.0181. The van der Waals surface area contributed by atoms with E-state index in [0.717, 1.165) is 11.3 Å². The Balaban J connectivity index is 2.42. The first-order valence-electron chi connectivity index (χ1n) is 5.18. The molecular formula is C10H15N3O2S. The summed E-state index contributed by atoms with van der Waals surface area (Å²) in [6, 6.07) is -0.0181. The molecule has 6 heteroatoms. The van der Waals surface area contributed by atoms with Gasteiger partial charge in [-0.3, -0.25) is 0 Å². The van der Waals surface area contributed by atoms with Gasteiger partial charge in [0.15, 0.2) is 9.84 Å². The van der Waals surface area contributed by atoms with Crippen molar-refractivity contribution in [2.24, 2.45) is 5.73 Å². The second kappa shape index (κ2) is 3.78. The fourth-order valence-electron chi connectivity index (χ4n) is 1.88. The van der Waals surface area contributed by atoms with Crippen molar-refractivity contribution < 1.29 is 8.42 Å². The Bertz CT molecular complexity index is 523. The molecule has 1 atom stereocenters. The molecule has 0 aromatic carbocycles. The van der Waals surface area contributed by atoms with E-state index in [4.69, 9.17) is 5.73 Å². The van der Waals surface area contributed by atoms with Gasteiger partial charge >= 0.3 is 0 Å². The third-order valence-electron chi connectivity index (χ3n) is 2.57. The van der Waals surface area contributed by atoms with Crippen LogP contribution < -0.4 is 5.73 Å². The third-order valence-corrected chi connectivity index (χ3v) is 4.01. The number of nitrogens with zero attached hydrogens (tertiary/aromatic N) is 2. The molecule has 0 bridgehead atoms. The normalized spacial score (nSPS) is 19.4. The SMILES string of the molecule is Cc1nc(CC(C)N)nc2c1CS(=O)(=O)C2. The van der Waals surface area contributed by atoms with Gasteiger partial charge < -0.3 is 5.73 Å². The molecule has 0 fully saturated rings. The highest BCUT2D eigenvalue weighted by atomic mass is 32.2. The van der Waals surface area contributed by atoms with Crippen LogP contribution in [0.15, 0.2) is 0 Å². The van der Waals surface area contributed by atoms with Gasteiger partial charge in [0.1, 0.15) is 5.82 Å². The molecule has 0 spiro atoms. The van der Waals surface area contributed by atoms with Gasteiger partial charge in [0, 0.05) is 23.7 Å². The molecule has 2 N–H and O–H groups in total. The molecule has 2 heterocycles. The molecule has 1 aromatic rings. The first kappa shape index (κ1) is 11.5. The summed E-state index contributed by atoms with van der Waals surface area (Å²) in [5.41, 5.74) is 7.87. The van der Waals surface area contributed by atoms with Crippen LogP contribution in [0.4, 0.5) is 0 Å². The number of rotatable bonds is 2. The van der Waals surface area contributed by atoms with Crippen LogP contribution in [0.5, 0.6) is 0 Å². The van der Waals surface area contributed by atoms with Crippen LogP contribution in [0.2, 0.25) is 0 Å². The predicted octanol–water partition coefficient (Wildman–Crippen LogP) is 0.103. The van der Waals surface area contributed by atoms with E-state index in [0.29, 0.717) is 17.9 Å². The van der Waals surface area contributed by atoms with Gasteiger partial charge in [0.25, 0.3) is 0 Å².